The van der Waals surface area contributed by atoms with Crippen molar-refractivity contribution in [3.05, 3.63) is 65.2 Å². The van der Waals surface area contributed by atoms with E-state index in [1.807, 2.05) is 37.3 Å². The zero-order valence-corrected chi connectivity index (χ0v) is 12.9. The first kappa shape index (κ1) is 14.5. The van der Waals surface area contributed by atoms with Gasteiger partial charge in [0.25, 0.3) is 0 Å². The predicted octanol–water partition coefficient (Wildman–Crippen LogP) is 4.41. The van der Waals surface area contributed by atoms with Crippen molar-refractivity contribution in [1.29, 1.82) is 0 Å². The summed E-state index contributed by atoms with van der Waals surface area (Å²) < 4.78 is 0. The third-order valence-corrected chi connectivity index (χ3v) is 4.51. The molecule has 0 aliphatic heterocycles. The van der Waals surface area contributed by atoms with Gasteiger partial charge in [-0.2, -0.15) is 0 Å². The van der Waals surface area contributed by atoms with Gasteiger partial charge >= 0.3 is 5.97 Å². The van der Waals surface area contributed by atoms with Gasteiger partial charge in [0.1, 0.15) is 5.01 Å². The Balaban J connectivity index is 1.89. The van der Waals surface area contributed by atoms with Gasteiger partial charge in [-0.25, -0.2) is 4.98 Å². The topological polar surface area (TPSA) is 50.2 Å². The molecule has 3 aromatic rings. The molecule has 1 aromatic heterocycles. The van der Waals surface area contributed by atoms with E-state index in [4.69, 9.17) is 5.11 Å². The van der Waals surface area contributed by atoms with Crippen LogP contribution >= 0.6 is 11.3 Å². The van der Waals surface area contributed by atoms with Crippen LogP contribution in [-0.2, 0) is 11.2 Å². The van der Waals surface area contributed by atoms with E-state index in [0.717, 1.165) is 21.0 Å². The van der Waals surface area contributed by atoms with Crippen LogP contribution in [0.3, 0.4) is 0 Å². The Morgan fingerprint density at radius 2 is 1.59 bits per heavy atom. The van der Waals surface area contributed by atoms with E-state index in [-0.39, 0.29) is 6.42 Å². The molecule has 0 saturated carbocycles. The molecular formula is C18H15NO2S. The molecule has 3 rings (SSSR count). The molecule has 1 heterocycles. The van der Waals surface area contributed by atoms with Crippen LogP contribution in [0.5, 0.6) is 0 Å². The zero-order chi connectivity index (χ0) is 15.5. The molecule has 0 fully saturated rings. The van der Waals surface area contributed by atoms with Gasteiger partial charge in [-0.1, -0.05) is 54.6 Å². The zero-order valence-electron chi connectivity index (χ0n) is 12.1. The normalized spacial score (nSPS) is 10.6. The highest BCUT2D eigenvalue weighted by Gasteiger charge is 2.12. The second-order valence-corrected chi connectivity index (χ2v) is 6.24. The summed E-state index contributed by atoms with van der Waals surface area (Å²) in [5.74, 6) is -0.848. The Kier molecular flexibility index (Phi) is 4.02. The highest BCUT2D eigenvalue weighted by Crippen LogP contribution is 2.29. The van der Waals surface area contributed by atoms with Gasteiger partial charge in [-0.3, -0.25) is 4.79 Å². The number of benzene rings is 2. The van der Waals surface area contributed by atoms with E-state index in [1.165, 1.54) is 16.9 Å². The Morgan fingerprint density at radius 1 is 1.00 bits per heavy atom. The molecule has 0 radical (unpaired) electrons. The lowest BCUT2D eigenvalue weighted by Gasteiger charge is -2.02. The van der Waals surface area contributed by atoms with Gasteiger partial charge < -0.3 is 5.11 Å². The van der Waals surface area contributed by atoms with E-state index < -0.39 is 5.97 Å². The first-order chi connectivity index (χ1) is 10.6. The first-order valence-corrected chi connectivity index (χ1v) is 7.79. The van der Waals surface area contributed by atoms with Gasteiger partial charge in [0.05, 0.1) is 12.1 Å². The lowest BCUT2D eigenvalue weighted by Crippen LogP contribution is -2.01. The largest absolute Gasteiger partial charge is 0.481 e. The summed E-state index contributed by atoms with van der Waals surface area (Å²) in [5.41, 5.74) is 4.00. The van der Waals surface area contributed by atoms with Crippen molar-refractivity contribution in [2.24, 2.45) is 0 Å². The molecule has 0 spiro atoms. The second-order valence-electron chi connectivity index (χ2n) is 5.04. The predicted molar refractivity (Wildman–Crippen MR) is 89.1 cm³/mol. The maximum absolute atomic E-state index is 10.8. The van der Waals surface area contributed by atoms with Crippen LogP contribution in [0.25, 0.3) is 21.7 Å². The van der Waals surface area contributed by atoms with Crippen molar-refractivity contribution in [3.8, 4) is 21.7 Å². The second kappa shape index (κ2) is 6.12. The maximum atomic E-state index is 10.8. The summed E-state index contributed by atoms with van der Waals surface area (Å²) in [7, 11) is 0. The van der Waals surface area contributed by atoms with Gasteiger partial charge in [0, 0.05) is 10.4 Å². The molecule has 0 aliphatic carbocycles. The molecule has 22 heavy (non-hydrogen) atoms. The summed E-state index contributed by atoms with van der Waals surface area (Å²) in [4.78, 5) is 16.3. The minimum Gasteiger partial charge on any atom is -0.481 e. The minimum absolute atomic E-state index is 0.0234. The number of rotatable bonds is 4. The molecule has 0 bridgehead atoms. The van der Waals surface area contributed by atoms with E-state index in [0.29, 0.717) is 5.69 Å². The molecule has 3 nitrogen and oxygen atoms in total. The number of carboxylic acids is 1. The van der Waals surface area contributed by atoms with Crippen LogP contribution in [0.1, 0.15) is 10.6 Å². The van der Waals surface area contributed by atoms with Crippen LogP contribution in [0.15, 0.2) is 54.6 Å². The number of aromatic nitrogens is 1. The summed E-state index contributed by atoms with van der Waals surface area (Å²) in [6.07, 6.45) is -0.0234. The highest BCUT2D eigenvalue weighted by molar-refractivity contribution is 7.15. The molecular weight excluding hydrogens is 294 g/mol. The van der Waals surface area contributed by atoms with Crippen LogP contribution in [0, 0.1) is 6.92 Å². The minimum atomic E-state index is -0.848. The lowest BCUT2D eigenvalue weighted by molar-refractivity contribution is -0.136. The van der Waals surface area contributed by atoms with Gasteiger partial charge in [-0.15, -0.1) is 11.3 Å². The van der Waals surface area contributed by atoms with Crippen molar-refractivity contribution in [2.45, 2.75) is 13.3 Å². The Labute approximate surface area is 132 Å². The molecule has 4 heteroatoms. The van der Waals surface area contributed by atoms with E-state index in [1.54, 1.807) is 0 Å². The number of hydrogen-bond donors (Lipinski definition) is 1. The fourth-order valence-corrected chi connectivity index (χ4v) is 3.23. The molecule has 1 N–H and O–H groups in total. The summed E-state index contributed by atoms with van der Waals surface area (Å²) in [6.45, 7) is 1.91. The van der Waals surface area contributed by atoms with E-state index >= 15 is 0 Å². The van der Waals surface area contributed by atoms with Crippen molar-refractivity contribution < 1.29 is 9.90 Å². The van der Waals surface area contributed by atoms with E-state index in [9.17, 15) is 4.79 Å². The first-order valence-electron chi connectivity index (χ1n) is 6.97. The Hall–Kier alpha value is -2.46. The van der Waals surface area contributed by atoms with Gasteiger partial charge in [0.15, 0.2) is 0 Å². The molecule has 0 amide bonds. The number of aryl methyl sites for hydroxylation is 1. The fourth-order valence-electron chi connectivity index (χ4n) is 2.29. The smallest absolute Gasteiger partial charge is 0.309 e. The monoisotopic (exact) mass is 309 g/mol. The standard InChI is InChI=1S/C18H15NO2S/c1-12-16(11-17(20)21)19-18(22-12)15-9-7-14(8-10-15)13-5-3-2-4-6-13/h2-10H,11H2,1H3,(H,20,21). The van der Waals surface area contributed by atoms with Crippen molar-refractivity contribution in [2.75, 3.05) is 0 Å². The summed E-state index contributed by atoms with van der Waals surface area (Å²) in [6, 6.07) is 18.4. The number of hydrogen-bond acceptors (Lipinski definition) is 3. The molecule has 0 aliphatic rings. The number of aliphatic carboxylic acids is 1. The summed E-state index contributed by atoms with van der Waals surface area (Å²) in [5, 5.41) is 9.77. The maximum Gasteiger partial charge on any atom is 0.309 e. The van der Waals surface area contributed by atoms with Crippen LogP contribution in [0.2, 0.25) is 0 Å². The van der Waals surface area contributed by atoms with Crippen molar-refractivity contribution >= 4 is 17.3 Å². The average Bonchev–Trinajstić information content (AvgIpc) is 2.89. The van der Waals surface area contributed by atoms with Crippen LogP contribution in [0.4, 0.5) is 0 Å². The molecule has 110 valence electrons. The van der Waals surface area contributed by atoms with Gasteiger partial charge in [0.2, 0.25) is 0 Å². The van der Waals surface area contributed by atoms with Crippen molar-refractivity contribution in [3.63, 3.8) is 0 Å². The molecule has 0 atom stereocenters. The SMILES string of the molecule is Cc1sc(-c2ccc(-c3ccccc3)cc2)nc1CC(=O)O. The quantitative estimate of drug-likeness (QED) is 0.776. The van der Waals surface area contributed by atoms with Gasteiger partial charge in [-0.05, 0) is 18.1 Å². The highest BCUT2D eigenvalue weighted by atomic mass is 32.1. The van der Waals surface area contributed by atoms with Crippen LogP contribution in [-0.4, -0.2) is 16.1 Å². The number of thiazole rings is 1. The average molecular weight is 309 g/mol. The van der Waals surface area contributed by atoms with Crippen molar-refractivity contribution in [1.82, 2.24) is 4.98 Å². The van der Waals surface area contributed by atoms with E-state index in [2.05, 4.69) is 29.2 Å². The number of nitrogens with zero attached hydrogens (tertiary/aromatic N) is 1. The molecule has 0 unspecified atom stereocenters. The third-order valence-electron chi connectivity index (χ3n) is 3.45. The third kappa shape index (κ3) is 3.07. The lowest BCUT2D eigenvalue weighted by atomic mass is 10.0. The Bertz CT molecular complexity index is 792. The number of carbonyl (C=O) groups is 1. The van der Waals surface area contributed by atoms with Crippen LogP contribution < -0.4 is 0 Å². The molecule has 2 aromatic carbocycles. The summed E-state index contributed by atoms with van der Waals surface area (Å²) >= 11 is 1.54. The number of carboxylic acid groups (broad SMARTS) is 1. The molecule has 0 saturated heterocycles. The fraction of sp³-hybridized carbons (Fsp3) is 0.111. The Morgan fingerprint density at radius 3 is 2.23 bits per heavy atom.